The fraction of sp³-hybridized carbons (Fsp3) is 0.929. The first kappa shape index (κ1) is 16.4. The molecule has 1 aliphatic rings. The van der Waals surface area contributed by atoms with Crippen molar-refractivity contribution in [2.24, 2.45) is 5.84 Å². The van der Waals surface area contributed by atoms with Crippen LogP contribution in [0.25, 0.3) is 0 Å². The van der Waals surface area contributed by atoms with Crippen LogP contribution < -0.4 is 11.3 Å². The van der Waals surface area contributed by atoms with Crippen molar-refractivity contribution in [1.82, 2.24) is 15.2 Å². The van der Waals surface area contributed by atoms with Crippen molar-refractivity contribution in [2.45, 2.75) is 51.5 Å². The minimum Gasteiger partial charge on any atom is -0.305 e. The smallest absolute Gasteiger partial charge is 0.233 e. The molecule has 3 N–H and O–H groups in total. The van der Waals surface area contributed by atoms with E-state index in [-0.39, 0.29) is 5.91 Å². The van der Waals surface area contributed by atoms with Crippen molar-refractivity contribution in [2.75, 3.05) is 33.2 Å². The van der Waals surface area contributed by atoms with Crippen LogP contribution in [0, 0.1) is 0 Å². The molecule has 1 amide bonds. The standard InChI is InChI=1S/C14H30N4O/c1-3-18-11-7-8-13(18)12-17(2)10-6-4-5-9-14(19)16-15/h13H,3-12,15H2,1-2H3,(H,16,19). The zero-order valence-electron chi connectivity index (χ0n) is 12.5. The molecule has 5 heteroatoms. The summed E-state index contributed by atoms with van der Waals surface area (Å²) in [5.74, 6) is 4.98. The van der Waals surface area contributed by atoms with Gasteiger partial charge < -0.3 is 4.90 Å². The number of carbonyl (C=O) groups excluding carboxylic acids is 1. The number of rotatable bonds is 9. The number of carbonyl (C=O) groups is 1. The molecular formula is C14H30N4O. The number of hydrazine groups is 1. The maximum absolute atomic E-state index is 11.0. The van der Waals surface area contributed by atoms with Gasteiger partial charge in [-0.15, -0.1) is 0 Å². The Labute approximate surface area is 117 Å². The fourth-order valence-electron chi connectivity index (χ4n) is 2.89. The molecule has 0 radical (unpaired) electrons. The van der Waals surface area contributed by atoms with Crippen LogP contribution in [0.5, 0.6) is 0 Å². The van der Waals surface area contributed by atoms with Gasteiger partial charge in [-0.25, -0.2) is 5.84 Å². The van der Waals surface area contributed by atoms with Crippen LogP contribution >= 0.6 is 0 Å². The number of nitrogens with two attached hydrogens (primary N) is 1. The third kappa shape index (κ3) is 6.36. The van der Waals surface area contributed by atoms with Gasteiger partial charge in [-0.1, -0.05) is 13.3 Å². The summed E-state index contributed by atoms with van der Waals surface area (Å²) in [7, 11) is 2.21. The van der Waals surface area contributed by atoms with E-state index in [1.165, 1.54) is 32.5 Å². The number of likely N-dealkylation sites (N-methyl/N-ethyl adjacent to an activating group) is 2. The minimum atomic E-state index is -0.0575. The number of unbranched alkanes of at least 4 members (excludes halogenated alkanes) is 2. The van der Waals surface area contributed by atoms with Crippen molar-refractivity contribution < 1.29 is 4.79 Å². The SMILES string of the molecule is CCN1CCCC1CN(C)CCCCCC(=O)NN. The maximum atomic E-state index is 11.0. The van der Waals surface area contributed by atoms with Gasteiger partial charge in [0.2, 0.25) is 5.91 Å². The Balaban J connectivity index is 2.04. The fourth-order valence-corrected chi connectivity index (χ4v) is 2.89. The van der Waals surface area contributed by atoms with Gasteiger partial charge in [-0.2, -0.15) is 0 Å². The predicted molar refractivity (Wildman–Crippen MR) is 78.6 cm³/mol. The van der Waals surface area contributed by atoms with Crippen molar-refractivity contribution in [3.63, 3.8) is 0 Å². The number of hydrogen-bond donors (Lipinski definition) is 2. The topological polar surface area (TPSA) is 61.6 Å². The van der Waals surface area contributed by atoms with Gasteiger partial charge in [-0.3, -0.25) is 15.1 Å². The first-order valence-corrected chi connectivity index (χ1v) is 7.59. The summed E-state index contributed by atoms with van der Waals surface area (Å²) in [5, 5.41) is 0. The van der Waals surface area contributed by atoms with Crippen molar-refractivity contribution in [1.29, 1.82) is 0 Å². The summed E-state index contributed by atoms with van der Waals surface area (Å²) >= 11 is 0. The lowest BCUT2D eigenvalue weighted by Crippen LogP contribution is -2.39. The highest BCUT2D eigenvalue weighted by Gasteiger charge is 2.23. The lowest BCUT2D eigenvalue weighted by atomic mass is 10.1. The molecule has 1 heterocycles. The van der Waals surface area contributed by atoms with E-state index in [0.717, 1.165) is 31.8 Å². The van der Waals surface area contributed by atoms with Crippen LogP contribution in [0.2, 0.25) is 0 Å². The predicted octanol–water partition coefficient (Wildman–Crippen LogP) is 0.953. The van der Waals surface area contributed by atoms with Crippen LogP contribution in [0.3, 0.4) is 0 Å². The summed E-state index contributed by atoms with van der Waals surface area (Å²) in [4.78, 5) is 16.0. The lowest BCUT2D eigenvalue weighted by Gasteiger charge is -2.27. The van der Waals surface area contributed by atoms with Crippen molar-refractivity contribution in [3.8, 4) is 0 Å². The molecule has 1 saturated heterocycles. The van der Waals surface area contributed by atoms with Gasteiger partial charge in [0.25, 0.3) is 0 Å². The van der Waals surface area contributed by atoms with E-state index in [2.05, 4.69) is 29.2 Å². The Morgan fingerprint density at radius 1 is 1.42 bits per heavy atom. The molecule has 0 aliphatic carbocycles. The molecule has 0 bridgehead atoms. The number of likely N-dealkylation sites (tertiary alicyclic amines) is 1. The number of nitrogens with zero attached hydrogens (tertiary/aromatic N) is 2. The van der Waals surface area contributed by atoms with Gasteiger partial charge in [0.1, 0.15) is 0 Å². The molecule has 0 aromatic heterocycles. The summed E-state index contributed by atoms with van der Waals surface area (Å²) in [6.07, 6.45) is 6.43. The first-order valence-electron chi connectivity index (χ1n) is 7.59. The highest BCUT2D eigenvalue weighted by Crippen LogP contribution is 2.17. The van der Waals surface area contributed by atoms with E-state index in [1.54, 1.807) is 0 Å². The molecule has 0 aromatic carbocycles. The van der Waals surface area contributed by atoms with Crippen molar-refractivity contribution in [3.05, 3.63) is 0 Å². The summed E-state index contributed by atoms with van der Waals surface area (Å²) in [6, 6.07) is 0.748. The second kappa shape index (κ2) is 9.28. The number of nitrogens with one attached hydrogen (secondary N) is 1. The van der Waals surface area contributed by atoms with Gasteiger partial charge >= 0.3 is 0 Å². The average Bonchev–Trinajstić information content (AvgIpc) is 2.85. The number of hydrogen-bond acceptors (Lipinski definition) is 4. The van der Waals surface area contributed by atoms with Gasteiger partial charge in [0.05, 0.1) is 0 Å². The maximum Gasteiger partial charge on any atom is 0.233 e. The molecule has 112 valence electrons. The van der Waals surface area contributed by atoms with E-state index < -0.39 is 0 Å². The van der Waals surface area contributed by atoms with E-state index >= 15 is 0 Å². The van der Waals surface area contributed by atoms with Crippen LogP contribution in [-0.4, -0.2) is 55.0 Å². The Morgan fingerprint density at radius 3 is 2.89 bits per heavy atom. The molecule has 1 rings (SSSR count). The second-order valence-corrected chi connectivity index (χ2v) is 5.57. The average molecular weight is 270 g/mol. The molecule has 0 saturated carbocycles. The number of amides is 1. The largest absolute Gasteiger partial charge is 0.305 e. The molecule has 1 fully saturated rings. The van der Waals surface area contributed by atoms with E-state index in [4.69, 9.17) is 5.84 Å². The highest BCUT2D eigenvalue weighted by atomic mass is 16.2. The zero-order valence-corrected chi connectivity index (χ0v) is 12.5. The second-order valence-electron chi connectivity index (χ2n) is 5.57. The molecule has 1 unspecified atom stereocenters. The Bertz CT molecular complexity index is 260. The Hall–Kier alpha value is -0.650. The normalized spacial score (nSPS) is 20.1. The van der Waals surface area contributed by atoms with Crippen LogP contribution in [0.15, 0.2) is 0 Å². The van der Waals surface area contributed by atoms with Crippen LogP contribution in [0.4, 0.5) is 0 Å². The molecule has 1 atom stereocenters. The minimum absolute atomic E-state index is 0.0575. The molecule has 1 aliphatic heterocycles. The molecule has 0 aromatic rings. The van der Waals surface area contributed by atoms with Crippen LogP contribution in [-0.2, 0) is 4.79 Å². The van der Waals surface area contributed by atoms with Crippen molar-refractivity contribution >= 4 is 5.91 Å². The third-order valence-corrected chi connectivity index (χ3v) is 4.03. The molecular weight excluding hydrogens is 240 g/mol. The summed E-state index contributed by atoms with van der Waals surface area (Å²) < 4.78 is 0. The van der Waals surface area contributed by atoms with E-state index in [1.807, 2.05) is 0 Å². The summed E-state index contributed by atoms with van der Waals surface area (Å²) in [5.41, 5.74) is 2.17. The highest BCUT2D eigenvalue weighted by molar-refractivity contribution is 5.74. The monoisotopic (exact) mass is 270 g/mol. The van der Waals surface area contributed by atoms with E-state index in [0.29, 0.717) is 6.42 Å². The van der Waals surface area contributed by atoms with Gasteiger partial charge in [0, 0.05) is 19.0 Å². The quantitative estimate of drug-likeness (QED) is 0.283. The third-order valence-electron chi connectivity index (χ3n) is 4.03. The molecule has 19 heavy (non-hydrogen) atoms. The summed E-state index contributed by atoms with van der Waals surface area (Å²) in [6.45, 7) is 6.99. The molecule has 0 spiro atoms. The zero-order chi connectivity index (χ0) is 14.1. The van der Waals surface area contributed by atoms with Gasteiger partial charge in [0.15, 0.2) is 0 Å². The first-order chi connectivity index (χ1) is 9.17. The van der Waals surface area contributed by atoms with Gasteiger partial charge in [-0.05, 0) is 52.4 Å². The lowest BCUT2D eigenvalue weighted by molar-refractivity contribution is -0.121. The Morgan fingerprint density at radius 2 is 2.21 bits per heavy atom. The Kier molecular flexibility index (Phi) is 8.02. The van der Waals surface area contributed by atoms with Crippen LogP contribution in [0.1, 0.15) is 45.4 Å². The van der Waals surface area contributed by atoms with E-state index in [9.17, 15) is 4.79 Å². The molecule has 5 nitrogen and oxygen atoms in total.